The molecular weight excluding hydrogens is 265 g/mol. The highest BCUT2D eigenvalue weighted by atomic mass is 19.1. The van der Waals surface area contributed by atoms with E-state index in [1.807, 2.05) is 51.1 Å². The monoisotopic (exact) mass is 287 g/mol. The lowest BCUT2D eigenvalue weighted by Gasteiger charge is -2.15. The predicted molar refractivity (Wildman–Crippen MR) is 85.0 cm³/mol. The first kappa shape index (κ1) is 15.5. The number of rotatable bonds is 6. The summed E-state index contributed by atoms with van der Waals surface area (Å²) in [7, 11) is 0. The lowest BCUT2D eigenvalue weighted by molar-refractivity contribution is 0.243. The average Bonchev–Trinajstić information content (AvgIpc) is 2.46. The normalized spacial score (nSPS) is 10.9. The van der Waals surface area contributed by atoms with Gasteiger partial charge in [-0.05, 0) is 44.2 Å². The van der Waals surface area contributed by atoms with Crippen LogP contribution in [0, 0.1) is 5.82 Å². The summed E-state index contributed by atoms with van der Waals surface area (Å²) < 4.78 is 19.7. The largest absolute Gasteiger partial charge is 0.490 e. The Balaban J connectivity index is 2.37. The number of halogens is 1. The van der Waals surface area contributed by atoms with Gasteiger partial charge in [0.25, 0.3) is 0 Å². The van der Waals surface area contributed by atoms with Crippen LogP contribution >= 0.6 is 0 Å². The van der Waals surface area contributed by atoms with E-state index >= 15 is 0 Å². The van der Waals surface area contributed by atoms with Crippen LogP contribution < -0.4 is 10.1 Å². The Morgan fingerprint density at radius 2 is 1.90 bits per heavy atom. The highest BCUT2D eigenvalue weighted by molar-refractivity contribution is 5.71. The molecule has 0 atom stereocenters. The molecule has 112 valence electrons. The molecule has 0 bridgehead atoms. The second-order valence-electron chi connectivity index (χ2n) is 5.25. The molecule has 0 saturated heterocycles. The Bertz CT molecular complexity index is 596. The van der Waals surface area contributed by atoms with Crippen molar-refractivity contribution in [2.75, 3.05) is 6.54 Å². The fourth-order valence-corrected chi connectivity index (χ4v) is 2.20. The molecule has 2 aromatic carbocycles. The van der Waals surface area contributed by atoms with Gasteiger partial charge in [0.15, 0.2) is 0 Å². The number of hydrogen-bond donors (Lipinski definition) is 1. The van der Waals surface area contributed by atoms with E-state index in [-0.39, 0.29) is 11.9 Å². The maximum Gasteiger partial charge on any atom is 0.127 e. The molecule has 0 amide bonds. The summed E-state index contributed by atoms with van der Waals surface area (Å²) in [5, 5.41) is 3.16. The quantitative estimate of drug-likeness (QED) is 0.850. The van der Waals surface area contributed by atoms with Crippen LogP contribution in [-0.2, 0) is 6.54 Å². The van der Waals surface area contributed by atoms with Crippen LogP contribution in [0.5, 0.6) is 5.75 Å². The second-order valence-corrected chi connectivity index (χ2v) is 5.25. The van der Waals surface area contributed by atoms with Gasteiger partial charge >= 0.3 is 0 Å². The zero-order valence-corrected chi connectivity index (χ0v) is 12.8. The summed E-state index contributed by atoms with van der Waals surface area (Å²) in [6.45, 7) is 7.35. The zero-order valence-electron chi connectivity index (χ0n) is 12.8. The van der Waals surface area contributed by atoms with Crippen molar-refractivity contribution in [1.82, 2.24) is 5.32 Å². The van der Waals surface area contributed by atoms with Crippen LogP contribution in [0.25, 0.3) is 11.1 Å². The molecular formula is C18H22FNO. The topological polar surface area (TPSA) is 21.3 Å². The van der Waals surface area contributed by atoms with E-state index in [0.717, 1.165) is 23.4 Å². The molecule has 21 heavy (non-hydrogen) atoms. The summed E-state index contributed by atoms with van der Waals surface area (Å²) in [5.74, 6) is 0.649. The van der Waals surface area contributed by atoms with E-state index in [9.17, 15) is 4.39 Å². The lowest BCUT2D eigenvalue weighted by Crippen LogP contribution is -2.13. The lowest BCUT2D eigenvalue weighted by atomic mass is 10.0. The molecule has 2 nitrogen and oxygen atoms in total. The molecule has 0 spiro atoms. The van der Waals surface area contributed by atoms with E-state index in [4.69, 9.17) is 4.74 Å². The average molecular weight is 287 g/mol. The van der Waals surface area contributed by atoms with Gasteiger partial charge in [0.05, 0.1) is 6.10 Å². The van der Waals surface area contributed by atoms with Gasteiger partial charge in [-0.25, -0.2) is 4.39 Å². The molecule has 1 N–H and O–H groups in total. The minimum absolute atomic E-state index is 0.104. The molecule has 0 aliphatic rings. The second kappa shape index (κ2) is 7.23. The minimum atomic E-state index is -0.179. The molecule has 0 fully saturated rings. The fourth-order valence-electron chi connectivity index (χ4n) is 2.20. The summed E-state index contributed by atoms with van der Waals surface area (Å²) in [6, 6.07) is 13.1. The Hall–Kier alpha value is -1.87. The first-order valence-electron chi connectivity index (χ1n) is 7.37. The molecule has 0 radical (unpaired) electrons. The molecule has 0 aliphatic heterocycles. The van der Waals surface area contributed by atoms with Gasteiger partial charge in [-0.2, -0.15) is 0 Å². The van der Waals surface area contributed by atoms with E-state index in [1.54, 1.807) is 6.07 Å². The maximum absolute atomic E-state index is 13.8. The predicted octanol–water partition coefficient (Wildman–Crippen LogP) is 4.39. The molecule has 0 aromatic heterocycles. The highest BCUT2D eigenvalue weighted by Gasteiger charge is 2.10. The maximum atomic E-state index is 13.8. The Kier molecular flexibility index (Phi) is 5.34. The summed E-state index contributed by atoms with van der Waals surface area (Å²) >= 11 is 0. The van der Waals surface area contributed by atoms with Gasteiger partial charge in [-0.3, -0.25) is 0 Å². The molecule has 0 saturated carbocycles. The first-order chi connectivity index (χ1) is 10.1. The molecule has 3 heteroatoms. The standard InChI is InChI=1S/C18H22FNO/c1-4-20-12-15-11-14(9-10-17(15)19)16-7-5-6-8-18(16)21-13(2)3/h5-11,13,20H,4,12H2,1-3H3. The Morgan fingerprint density at radius 1 is 1.14 bits per heavy atom. The Labute approximate surface area is 126 Å². The molecule has 0 aliphatic carbocycles. The smallest absolute Gasteiger partial charge is 0.127 e. The van der Waals surface area contributed by atoms with Gasteiger partial charge in [-0.15, -0.1) is 0 Å². The van der Waals surface area contributed by atoms with E-state index in [2.05, 4.69) is 5.32 Å². The van der Waals surface area contributed by atoms with E-state index in [0.29, 0.717) is 12.1 Å². The van der Waals surface area contributed by atoms with E-state index < -0.39 is 0 Å². The van der Waals surface area contributed by atoms with Gasteiger partial charge in [-0.1, -0.05) is 31.2 Å². The van der Waals surface area contributed by atoms with Gasteiger partial charge in [0, 0.05) is 17.7 Å². The van der Waals surface area contributed by atoms with Crippen LogP contribution in [0.4, 0.5) is 4.39 Å². The van der Waals surface area contributed by atoms with Crippen LogP contribution in [0.2, 0.25) is 0 Å². The number of para-hydroxylation sites is 1. The summed E-state index contributed by atoms with van der Waals surface area (Å²) in [4.78, 5) is 0. The van der Waals surface area contributed by atoms with Crippen molar-refractivity contribution in [3.63, 3.8) is 0 Å². The third-order valence-corrected chi connectivity index (χ3v) is 3.17. The highest BCUT2D eigenvalue weighted by Crippen LogP contribution is 2.31. The van der Waals surface area contributed by atoms with Crippen LogP contribution in [0.3, 0.4) is 0 Å². The molecule has 2 aromatic rings. The fraction of sp³-hybridized carbons (Fsp3) is 0.333. The number of hydrogen-bond acceptors (Lipinski definition) is 2. The molecule has 0 heterocycles. The first-order valence-corrected chi connectivity index (χ1v) is 7.37. The van der Waals surface area contributed by atoms with Gasteiger partial charge < -0.3 is 10.1 Å². The third-order valence-electron chi connectivity index (χ3n) is 3.17. The van der Waals surface area contributed by atoms with E-state index in [1.165, 1.54) is 6.07 Å². The minimum Gasteiger partial charge on any atom is -0.490 e. The molecule has 0 unspecified atom stereocenters. The number of benzene rings is 2. The Morgan fingerprint density at radius 3 is 2.62 bits per heavy atom. The van der Waals surface area contributed by atoms with Crippen molar-refractivity contribution in [2.24, 2.45) is 0 Å². The van der Waals surface area contributed by atoms with Crippen molar-refractivity contribution in [1.29, 1.82) is 0 Å². The summed E-state index contributed by atoms with van der Waals surface area (Å²) in [6.07, 6.45) is 0.104. The van der Waals surface area contributed by atoms with Crippen LogP contribution in [0.1, 0.15) is 26.3 Å². The summed E-state index contributed by atoms with van der Waals surface area (Å²) in [5.41, 5.74) is 2.64. The molecule has 2 rings (SSSR count). The van der Waals surface area contributed by atoms with Crippen molar-refractivity contribution in [2.45, 2.75) is 33.4 Å². The van der Waals surface area contributed by atoms with Gasteiger partial charge in [0.1, 0.15) is 11.6 Å². The van der Waals surface area contributed by atoms with Crippen molar-refractivity contribution in [3.8, 4) is 16.9 Å². The van der Waals surface area contributed by atoms with Crippen molar-refractivity contribution < 1.29 is 9.13 Å². The zero-order chi connectivity index (χ0) is 15.2. The number of ether oxygens (including phenoxy) is 1. The van der Waals surface area contributed by atoms with Crippen LogP contribution in [-0.4, -0.2) is 12.6 Å². The third kappa shape index (κ3) is 4.05. The van der Waals surface area contributed by atoms with Crippen molar-refractivity contribution in [3.05, 3.63) is 53.8 Å². The van der Waals surface area contributed by atoms with Crippen molar-refractivity contribution >= 4 is 0 Å². The van der Waals surface area contributed by atoms with Crippen LogP contribution in [0.15, 0.2) is 42.5 Å². The SMILES string of the molecule is CCNCc1cc(-c2ccccc2OC(C)C)ccc1F. The number of nitrogens with one attached hydrogen (secondary N) is 1. The van der Waals surface area contributed by atoms with Gasteiger partial charge in [0.2, 0.25) is 0 Å².